The number of piperazine rings is 2. The predicted octanol–water partition coefficient (Wildman–Crippen LogP) is 4.43. The van der Waals surface area contributed by atoms with Crippen LogP contribution in [0, 0.1) is 5.82 Å². The molecule has 8 heteroatoms. The summed E-state index contributed by atoms with van der Waals surface area (Å²) in [6, 6.07) is 21.7. The van der Waals surface area contributed by atoms with E-state index in [-0.39, 0.29) is 11.7 Å². The summed E-state index contributed by atoms with van der Waals surface area (Å²) < 4.78 is 15.0. The molecule has 3 aromatic carbocycles. The van der Waals surface area contributed by atoms with Crippen LogP contribution in [-0.2, 0) is 19.6 Å². The number of carbonyl (C=O) groups excluding carboxylic acids is 1. The van der Waals surface area contributed by atoms with E-state index in [4.69, 9.17) is 0 Å². The molecule has 7 nitrogen and oxygen atoms in total. The zero-order chi connectivity index (χ0) is 31.0. The number of nitrogens with one attached hydrogen (secondary N) is 2. The summed E-state index contributed by atoms with van der Waals surface area (Å²) in [5.74, 6) is -0.361. The molecule has 0 spiro atoms. The van der Waals surface area contributed by atoms with Gasteiger partial charge in [0.1, 0.15) is 5.82 Å². The molecular formula is C37H49FN6O. The zero-order valence-corrected chi connectivity index (χ0v) is 26.8. The third-order valence-corrected chi connectivity index (χ3v) is 9.57. The highest BCUT2D eigenvalue weighted by Gasteiger charge is 2.20. The topological polar surface area (TPSA) is 54.1 Å². The Kier molecular flexibility index (Phi) is 10.9. The Labute approximate surface area is 268 Å². The maximum atomic E-state index is 15.0. The van der Waals surface area contributed by atoms with Crippen molar-refractivity contribution in [3.63, 3.8) is 0 Å². The second-order valence-corrected chi connectivity index (χ2v) is 13.2. The molecule has 3 aliphatic rings. The molecule has 0 aliphatic carbocycles. The van der Waals surface area contributed by atoms with E-state index in [9.17, 15) is 4.79 Å². The van der Waals surface area contributed by atoms with E-state index in [0.29, 0.717) is 23.7 Å². The third-order valence-electron chi connectivity index (χ3n) is 9.57. The zero-order valence-electron chi connectivity index (χ0n) is 26.8. The molecule has 0 unspecified atom stereocenters. The van der Waals surface area contributed by atoms with Crippen LogP contribution in [0.4, 0.5) is 4.39 Å². The molecule has 0 saturated carbocycles. The highest BCUT2D eigenvalue weighted by Crippen LogP contribution is 2.26. The number of likely N-dealkylation sites (tertiary alicyclic amines) is 1. The molecule has 1 atom stereocenters. The first-order chi connectivity index (χ1) is 22.0. The summed E-state index contributed by atoms with van der Waals surface area (Å²) in [6.45, 7) is 16.5. The average Bonchev–Trinajstić information content (AvgIpc) is 3.58. The van der Waals surface area contributed by atoms with Gasteiger partial charge in [-0.2, -0.15) is 0 Å². The van der Waals surface area contributed by atoms with Crippen molar-refractivity contribution in [2.24, 2.45) is 0 Å². The maximum absolute atomic E-state index is 15.0. The lowest BCUT2D eigenvalue weighted by Crippen LogP contribution is -2.48. The molecule has 3 fully saturated rings. The molecule has 0 aromatic heterocycles. The first-order valence-corrected chi connectivity index (χ1v) is 16.9. The van der Waals surface area contributed by atoms with Crippen LogP contribution in [0.25, 0.3) is 11.1 Å². The highest BCUT2D eigenvalue weighted by atomic mass is 19.1. The molecule has 240 valence electrons. The number of hydrogen-bond acceptors (Lipinski definition) is 6. The van der Waals surface area contributed by atoms with Crippen molar-refractivity contribution < 1.29 is 9.18 Å². The van der Waals surface area contributed by atoms with Crippen molar-refractivity contribution in [3.8, 4) is 11.1 Å². The quantitative estimate of drug-likeness (QED) is 0.334. The molecule has 45 heavy (non-hydrogen) atoms. The molecule has 0 radical (unpaired) electrons. The Morgan fingerprint density at radius 2 is 1.47 bits per heavy atom. The van der Waals surface area contributed by atoms with Crippen molar-refractivity contribution in [3.05, 3.63) is 94.8 Å². The van der Waals surface area contributed by atoms with E-state index in [1.54, 1.807) is 6.07 Å². The minimum absolute atomic E-state index is 0.110. The van der Waals surface area contributed by atoms with Gasteiger partial charge >= 0.3 is 0 Å². The van der Waals surface area contributed by atoms with Gasteiger partial charge in [0.25, 0.3) is 5.91 Å². The first kappa shape index (κ1) is 31.8. The fourth-order valence-electron chi connectivity index (χ4n) is 6.97. The van der Waals surface area contributed by atoms with Gasteiger partial charge in [-0.05, 0) is 85.4 Å². The van der Waals surface area contributed by atoms with Crippen LogP contribution in [-0.4, -0.2) is 104 Å². The molecular weight excluding hydrogens is 563 g/mol. The van der Waals surface area contributed by atoms with Crippen LogP contribution in [0.15, 0.2) is 66.7 Å². The lowest BCUT2D eigenvalue weighted by atomic mass is 10.00. The summed E-state index contributed by atoms with van der Waals surface area (Å²) in [5.41, 5.74) is 5.30. The monoisotopic (exact) mass is 612 g/mol. The fourth-order valence-corrected chi connectivity index (χ4v) is 6.97. The van der Waals surface area contributed by atoms with Gasteiger partial charge < -0.3 is 15.5 Å². The molecule has 6 rings (SSSR count). The van der Waals surface area contributed by atoms with E-state index in [1.807, 2.05) is 36.4 Å². The molecule has 2 N–H and O–H groups in total. The molecule has 3 aliphatic heterocycles. The van der Waals surface area contributed by atoms with Crippen LogP contribution in [0.2, 0.25) is 0 Å². The Hall–Kier alpha value is -3.14. The molecule has 0 bridgehead atoms. The van der Waals surface area contributed by atoms with Crippen LogP contribution in [0.5, 0.6) is 0 Å². The van der Waals surface area contributed by atoms with Crippen molar-refractivity contribution in [2.75, 3.05) is 72.0 Å². The summed E-state index contributed by atoms with van der Waals surface area (Å²) in [7, 11) is 0. The van der Waals surface area contributed by atoms with E-state index in [2.05, 4.69) is 55.4 Å². The third kappa shape index (κ3) is 8.99. The van der Waals surface area contributed by atoms with Crippen LogP contribution in [0.3, 0.4) is 0 Å². The van der Waals surface area contributed by atoms with Crippen molar-refractivity contribution in [1.82, 2.24) is 30.2 Å². The summed E-state index contributed by atoms with van der Waals surface area (Å²) >= 11 is 0. The second-order valence-electron chi connectivity index (χ2n) is 13.2. The Balaban J connectivity index is 1.01. The van der Waals surface area contributed by atoms with Gasteiger partial charge in [0.15, 0.2) is 0 Å². The number of rotatable bonds is 11. The van der Waals surface area contributed by atoms with Gasteiger partial charge in [-0.1, -0.05) is 36.4 Å². The van der Waals surface area contributed by atoms with Crippen molar-refractivity contribution in [1.29, 1.82) is 0 Å². The molecule has 3 heterocycles. The van der Waals surface area contributed by atoms with Crippen LogP contribution in [0.1, 0.15) is 46.8 Å². The summed E-state index contributed by atoms with van der Waals surface area (Å²) in [4.78, 5) is 23.3. The number of halogens is 1. The lowest BCUT2D eigenvalue weighted by molar-refractivity contribution is 0.0950. The molecule has 1 amide bonds. The second kappa shape index (κ2) is 15.4. The van der Waals surface area contributed by atoms with Crippen molar-refractivity contribution in [2.45, 2.75) is 45.4 Å². The Bertz CT molecular complexity index is 1420. The number of hydrogen-bond donors (Lipinski definition) is 2. The summed E-state index contributed by atoms with van der Waals surface area (Å²) in [5, 5.41) is 6.54. The van der Waals surface area contributed by atoms with Gasteiger partial charge in [-0.3, -0.25) is 19.5 Å². The SMILES string of the molecule is C[C@H]1CN(Cc2cccc(-c3cc(CNC(=O)c4cccc(CN5CCN(CCN6CCCC6)CC5)c4)ccc3F)c2)CCN1. The van der Waals surface area contributed by atoms with E-state index < -0.39 is 0 Å². The van der Waals surface area contributed by atoms with Crippen LogP contribution >= 0.6 is 0 Å². The van der Waals surface area contributed by atoms with Gasteiger partial charge in [0, 0.05) is 95.7 Å². The summed E-state index contributed by atoms with van der Waals surface area (Å²) in [6.07, 6.45) is 2.70. The van der Waals surface area contributed by atoms with Crippen molar-refractivity contribution >= 4 is 5.91 Å². The highest BCUT2D eigenvalue weighted by molar-refractivity contribution is 5.94. The largest absolute Gasteiger partial charge is 0.348 e. The minimum atomic E-state index is -0.252. The standard InChI is InChI=1S/C37H49FN6O/c1-29-26-44(15-12-39-29)28-31-6-4-8-33(22-31)35-24-30(10-11-36(35)38)25-40-37(45)34-9-5-7-32(23-34)27-43-20-18-42(19-21-43)17-16-41-13-2-3-14-41/h4-11,22-24,29,39H,2-3,12-21,25-28H2,1H3,(H,40,45)/t29-/m0/s1. The number of amides is 1. The fraction of sp³-hybridized carbons (Fsp3) is 0.486. The van der Waals surface area contributed by atoms with E-state index in [1.165, 1.54) is 50.7 Å². The van der Waals surface area contributed by atoms with Gasteiger partial charge in [0.2, 0.25) is 0 Å². The number of carbonyl (C=O) groups is 1. The number of benzene rings is 3. The average molecular weight is 613 g/mol. The first-order valence-electron chi connectivity index (χ1n) is 16.9. The van der Waals surface area contributed by atoms with Gasteiger partial charge in [-0.25, -0.2) is 4.39 Å². The lowest BCUT2D eigenvalue weighted by Gasteiger charge is -2.35. The normalized spacial score (nSPS) is 20.4. The molecule has 3 aromatic rings. The van der Waals surface area contributed by atoms with Gasteiger partial charge in [-0.15, -0.1) is 0 Å². The maximum Gasteiger partial charge on any atom is 0.251 e. The minimum Gasteiger partial charge on any atom is -0.348 e. The molecule has 3 saturated heterocycles. The number of nitrogens with zero attached hydrogens (tertiary/aromatic N) is 4. The van der Waals surface area contributed by atoms with Gasteiger partial charge in [0.05, 0.1) is 0 Å². The Morgan fingerprint density at radius 1 is 0.778 bits per heavy atom. The van der Waals surface area contributed by atoms with Crippen LogP contribution < -0.4 is 10.6 Å². The smallest absolute Gasteiger partial charge is 0.251 e. The van der Waals surface area contributed by atoms with E-state index in [0.717, 1.165) is 75.6 Å². The van der Waals surface area contributed by atoms with E-state index >= 15 is 4.39 Å². The Morgan fingerprint density at radius 3 is 2.24 bits per heavy atom. The predicted molar refractivity (Wildman–Crippen MR) is 180 cm³/mol.